The molecule has 2 saturated heterocycles. The number of carbonyl (C=O) groups is 3. The van der Waals surface area contributed by atoms with Crippen LogP contribution in [0.3, 0.4) is 0 Å². The number of hydrogen-bond donors (Lipinski definition) is 2. The van der Waals surface area contributed by atoms with Gasteiger partial charge in [-0.3, -0.25) is 19.9 Å². The smallest absolute Gasteiger partial charge is 0.322 e. The Morgan fingerprint density at radius 3 is 2.66 bits per heavy atom. The van der Waals surface area contributed by atoms with E-state index in [0.29, 0.717) is 30.4 Å². The minimum atomic E-state index is -1.34. The number of urea groups is 1. The maximum absolute atomic E-state index is 13.0. The molecule has 0 radical (unpaired) electrons. The van der Waals surface area contributed by atoms with Gasteiger partial charge in [-0.05, 0) is 50.6 Å². The van der Waals surface area contributed by atoms with Gasteiger partial charge in [-0.2, -0.15) is 0 Å². The summed E-state index contributed by atoms with van der Waals surface area (Å²) in [6.45, 7) is 5.72. The number of aromatic nitrogens is 1. The Bertz CT molecular complexity index is 1060. The molecular formula is C23H26ClN5O3. The van der Waals surface area contributed by atoms with Gasteiger partial charge in [0.05, 0.1) is 5.69 Å². The highest BCUT2D eigenvalue weighted by atomic mass is 35.5. The zero-order valence-electron chi connectivity index (χ0n) is 18.1. The van der Waals surface area contributed by atoms with Crippen molar-refractivity contribution in [2.45, 2.75) is 38.3 Å². The normalized spacial score (nSPS) is 23.2. The molecule has 1 aromatic heterocycles. The lowest BCUT2D eigenvalue weighted by molar-refractivity contribution is -0.133. The number of benzene rings is 1. The fourth-order valence-electron chi connectivity index (χ4n) is 4.43. The molecule has 168 valence electrons. The van der Waals surface area contributed by atoms with E-state index < -0.39 is 17.5 Å². The molecule has 1 aromatic carbocycles. The molecule has 2 fully saturated rings. The molecule has 1 unspecified atom stereocenters. The lowest BCUT2D eigenvalue weighted by atomic mass is 9.88. The SMILES string of the molecule is Cc1cccc(C2(CCC(=O)N3CCN(c4cccc(Cl)c4)[C@@H](C)C3)NC(=O)NC2=O)n1. The van der Waals surface area contributed by atoms with Crippen molar-refractivity contribution in [3.63, 3.8) is 0 Å². The zero-order chi connectivity index (χ0) is 22.9. The van der Waals surface area contributed by atoms with E-state index >= 15 is 0 Å². The third kappa shape index (κ3) is 4.27. The Kier molecular flexibility index (Phi) is 6.06. The van der Waals surface area contributed by atoms with Crippen LogP contribution in [0.4, 0.5) is 10.5 Å². The highest BCUT2D eigenvalue weighted by Crippen LogP contribution is 2.30. The highest BCUT2D eigenvalue weighted by Gasteiger charge is 2.49. The predicted octanol–water partition coefficient (Wildman–Crippen LogP) is 2.60. The summed E-state index contributed by atoms with van der Waals surface area (Å²) in [6, 6.07) is 12.5. The Balaban J connectivity index is 1.44. The van der Waals surface area contributed by atoms with Crippen molar-refractivity contribution in [2.75, 3.05) is 24.5 Å². The molecule has 2 aromatic rings. The standard InChI is InChI=1S/C23H26ClN5O3/c1-15-5-3-8-19(25-15)23(21(31)26-22(32)27-23)10-9-20(30)28-11-12-29(16(2)14-28)18-7-4-6-17(24)13-18/h3-8,13,16H,9-12,14H2,1-2H3,(H2,26,27,31,32)/t16-,23?/m0/s1. The van der Waals surface area contributed by atoms with Crippen LogP contribution in [0.2, 0.25) is 5.02 Å². The number of anilines is 1. The van der Waals surface area contributed by atoms with Crippen molar-refractivity contribution < 1.29 is 14.4 Å². The lowest BCUT2D eigenvalue weighted by Gasteiger charge is -2.41. The summed E-state index contributed by atoms with van der Waals surface area (Å²) in [4.78, 5) is 46.2. The first-order valence-electron chi connectivity index (χ1n) is 10.7. The summed E-state index contributed by atoms with van der Waals surface area (Å²) in [5.74, 6) is -0.531. The van der Waals surface area contributed by atoms with Crippen molar-refractivity contribution in [1.82, 2.24) is 20.5 Å². The fraction of sp³-hybridized carbons (Fsp3) is 0.391. The number of hydrogen-bond acceptors (Lipinski definition) is 5. The molecule has 0 aliphatic carbocycles. The van der Waals surface area contributed by atoms with Gasteiger partial charge in [0.2, 0.25) is 5.91 Å². The minimum absolute atomic E-state index is 0.0522. The van der Waals surface area contributed by atoms with Crippen LogP contribution >= 0.6 is 11.6 Å². The van der Waals surface area contributed by atoms with E-state index in [1.807, 2.05) is 42.2 Å². The summed E-state index contributed by atoms with van der Waals surface area (Å²) < 4.78 is 0. The van der Waals surface area contributed by atoms with Crippen molar-refractivity contribution in [3.05, 3.63) is 58.9 Å². The Morgan fingerprint density at radius 1 is 1.22 bits per heavy atom. The minimum Gasteiger partial charge on any atom is -0.365 e. The fourth-order valence-corrected chi connectivity index (χ4v) is 4.62. The molecule has 2 aliphatic heterocycles. The third-order valence-corrected chi connectivity index (χ3v) is 6.34. The monoisotopic (exact) mass is 455 g/mol. The van der Waals surface area contributed by atoms with Gasteiger partial charge in [-0.25, -0.2) is 4.79 Å². The molecular weight excluding hydrogens is 430 g/mol. The maximum Gasteiger partial charge on any atom is 0.322 e. The number of nitrogens with zero attached hydrogens (tertiary/aromatic N) is 3. The number of amides is 4. The van der Waals surface area contributed by atoms with E-state index in [1.165, 1.54) is 0 Å². The number of pyridine rings is 1. The molecule has 4 rings (SSSR count). The molecule has 8 nitrogen and oxygen atoms in total. The number of piperazine rings is 1. The van der Waals surface area contributed by atoms with Crippen LogP contribution in [0.25, 0.3) is 0 Å². The van der Waals surface area contributed by atoms with E-state index in [4.69, 9.17) is 11.6 Å². The molecule has 2 atom stereocenters. The van der Waals surface area contributed by atoms with E-state index in [1.54, 1.807) is 12.1 Å². The molecule has 0 bridgehead atoms. The summed E-state index contributed by atoms with van der Waals surface area (Å²) in [5.41, 5.74) is 0.861. The van der Waals surface area contributed by atoms with E-state index in [0.717, 1.165) is 11.4 Å². The van der Waals surface area contributed by atoms with Gasteiger partial charge in [-0.1, -0.05) is 23.7 Å². The Hall–Kier alpha value is -3.13. The van der Waals surface area contributed by atoms with Gasteiger partial charge in [-0.15, -0.1) is 0 Å². The molecule has 4 amide bonds. The average molecular weight is 456 g/mol. The summed E-state index contributed by atoms with van der Waals surface area (Å²) >= 11 is 6.13. The number of carbonyl (C=O) groups excluding carboxylic acids is 3. The van der Waals surface area contributed by atoms with Crippen molar-refractivity contribution in [1.29, 1.82) is 0 Å². The average Bonchev–Trinajstić information content (AvgIpc) is 3.06. The van der Waals surface area contributed by atoms with Crippen LogP contribution in [0.15, 0.2) is 42.5 Å². The quantitative estimate of drug-likeness (QED) is 0.676. The first-order valence-corrected chi connectivity index (χ1v) is 11.0. The van der Waals surface area contributed by atoms with Gasteiger partial charge in [0.15, 0.2) is 5.54 Å². The number of imide groups is 1. The van der Waals surface area contributed by atoms with Gasteiger partial charge < -0.3 is 15.1 Å². The van der Waals surface area contributed by atoms with Crippen molar-refractivity contribution >= 4 is 35.1 Å². The number of halogens is 1. The van der Waals surface area contributed by atoms with Gasteiger partial charge in [0, 0.05) is 48.5 Å². The van der Waals surface area contributed by atoms with Crippen LogP contribution < -0.4 is 15.5 Å². The van der Waals surface area contributed by atoms with Crippen LogP contribution in [0.1, 0.15) is 31.2 Å². The van der Waals surface area contributed by atoms with E-state index in [-0.39, 0.29) is 24.8 Å². The van der Waals surface area contributed by atoms with Crippen LogP contribution in [-0.2, 0) is 15.1 Å². The molecule has 32 heavy (non-hydrogen) atoms. The van der Waals surface area contributed by atoms with Gasteiger partial charge >= 0.3 is 6.03 Å². The Labute approximate surface area is 191 Å². The zero-order valence-corrected chi connectivity index (χ0v) is 18.9. The first-order chi connectivity index (χ1) is 15.3. The lowest BCUT2D eigenvalue weighted by Crippen LogP contribution is -2.54. The van der Waals surface area contributed by atoms with Crippen LogP contribution in [0, 0.1) is 6.92 Å². The molecule has 3 heterocycles. The largest absolute Gasteiger partial charge is 0.365 e. The van der Waals surface area contributed by atoms with Crippen LogP contribution in [0.5, 0.6) is 0 Å². The second-order valence-corrected chi connectivity index (χ2v) is 8.78. The molecule has 2 aliphatic rings. The summed E-state index contributed by atoms with van der Waals surface area (Å²) in [7, 11) is 0. The van der Waals surface area contributed by atoms with Gasteiger partial charge in [0.25, 0.3) is 5.91 Å². The summed E-state index contributed by atoms with van der Waals surface area (Å²) in [5, 5.41) is 5.68. The van der Waals surface area contributed by atoms with E-state index in [2.05, 4.69) is 27.4 Å². The predicted molar refractivity (Wildman–Crippen MR) is 121 cm³/mol. The first kappa shape index (κ1) is 22.1. The highest BCUT2D eigenvalue weighted by molar-refractivity contribution is 6.30. The van der Waals surface area contributed by atoms with Crippen molar-refractivity contribution in [2.24, 2.45) is 0 Å². The topological polar surface area (TPSA) is 94.6 Å². The molecule has 2 N–H and O–H groups in total. The molecule has 0 saturated carbocycles. The number of nitrogens with one attached hydrogen (secondary N) is 2. The molecule has 0 spiro atoms. The number of aryl methyl sites for hydroxylation is 1. The van der Waals surface area contributed by atoms with Crippen molar-refractivity contribution in [3.8, 4) is 0 Å². The maximum atomic E-state index is 13.0. The summed E-state index contributed by atoms with van der Waals surface area (Å²) in [6.07, 6.45) is 0.260. The second kappa shape index (κ2) is 8.78. The number of rotatable bonds is 5. The Morgan fingerprint density at radius 2 is 2.00 bits per heavy atom. The second-order valence-electron chi connectivity index (χ2n) is 8.34. The van der Waals surface area contributed by atoms with E-state index in [9.17, 15) is 14.4 Å². The third-order valence-electron chi connectivity index (χ3n) is 6.10. The molecule has 9 heteroatoms. The van der Waals surface area contributed by atoms with Gasteiger partial charge in [0.1, 0.15) is 0 Å². The van der Waals surface area contributed by atoms with Crippen LogP contribution in [-0.4, -0.2) is 53.4 Å².